The van der Waals surface area contributed by atoms with E-state index in [0.29, 0.717) is 19.4 Å². The zero-order valence-electron chi connectivity index (χ0n) is 7.81. The van der Waals surface area contributed by atoms with Crippen LogP contribution in [0.5, 0.6) is 0 Å². The summed E-state index contributed by atoms with van der Waals surface area (Å²) in [6.45, 7) is 0.651. The molecule has 0 aromatic rings. The van der Waals surface area contributed by atoms with Crippen molar-refractivity contribution >= 4 is 5.97 Å². The van der Waals surface area contributed by atoms with E-state index in [2.05, 4.69) is 0 Å². The van der Waals surface area contributed by atoms with E-state index < -0.39 is 18.3 Å². The van der Waals surface area contributed by atoms with Crippen LogP contribution in [0.2, 0.25) is 0 Å². The molecule has 0 heterocycles. The van der Waals surface area contributed by atoms with Gasteiger partial charge in [0.15, 0.2) is 0 Å². The Balaban J connectivity index is 3.50. The Morgan fingerprint density at radius 2 is 2.00 bits per heavy atom. The van der Waals surface area contributed by atoms with E-state index in [9.17, 15) is 4.79 Å². The van der Waals surface area contributed by atoms with Gasteiger partial charge in [-0.15, -0.1) is 0 Å². The molecule has 0 bridgehead atoms. The van der Waals surface area contributed by atoms with Gasteiger partial charge in [0.25, 0.3) is 0 Å². The summed E-state index contributed by atoms with van der Waals surface area (Å²) < 4.78 is 0. The summed E-state index contributed by atoms with van der Waals surface area (Å²) in [5, 5.41) is 8.47. The Morgan fingerprint density at radius 1 is 1.46 bits per heavy atom. The van der Waals surface area contributed by atoms with Gasteiger partial charge in [-0.05, 0) is 19.9 Å². The van der Waals surface area contributed by atoms with E-state index in [0.717, 1.165) is 0 Å². The zero-order chi connectivity index (χ0) is 10.4. The summed E-state index contributed by atoms with van der Waals surface area (Å²) in [4.78, 5) is 12.1. The number of nitrogens with two attached hydrogens (primary N) is 3. The van der Waals surface area contributed by atoms with E-state index in [1.165, 1.54) is 0 Å². The molecule has 13 heavy (non-hydrogen) atoms. The quantitative estimate of drug-likeness (QED) is 0.371. The van der Waals surface area contributed by atoms with Crippen molar-refractivity contribution < 1.29 is 9.90 Å². The Morgan fingerprint density at radius 3 is 2.38 bits per heavy atom. The van der Waals surface area contributed by atoms with Crippen LogP contribution in [0.4, 0.5) is 0 Å². The minimum Gasteiger partial charge on any atom is -0.480 e. The maximum Gasteiger partial charge on any atom is 0.320 e. The van der Waals surface area contributed by atoms with Crippen LogP contribution >= 0.6 is 0 Å². The van der Waals surface area contributed by atoms with Gasteiger partial charge < -0.3 is 22.3 Å². The van der Waals surface area contributed by atoms with Crippen LogP contribution in [0.15, 0.2) is 0 Å². The van der Waals surface area contributed by atoms with E-state index >= 15 is 0 Å². The molecule has 0 radical (unpaired) electrons. The molecular formula is C7H18N4O2. The molecule has 0 saturated carbocycles. The van der Waals surface area contributed by atoms with Crippen molar-refractivity contribution in [2.24, 2.45) is 17.2 Å². The van der Waals surface area contributed by atoms with Crippen LogP contribution in [-0.4, -0.2) is 41.9 Å². The lowest BCUT2D eigenvalue weighted by molar-refractivity contribution is -0.138. The monoisotopic (exact) mass is 190 g/mol. The minimum absolute atomic E-state index is 0.437. The van der Waals surface area contributed by atoms with Crippen molar-refractivity contribution in [3.63, 3.8) is 0 Å². The average molecular weight is 190 g/mol. The van der Waals surface area contributed by atoms with Gasteiger partial charge >= 0.3 is 5.97 Å². The predicted octanol–water partition coefficient (Wildman–Crippen LogP) is -1.69. The number of carboxylic acid groups (broad SMARTS) is 1. The fraction of sp³-hybridized carbons (Fsp3) is 0.857. The molecule has 0 spiro atoms. The molecule has 0 saturated heterocycles. The standard InChI is InChI=1S/C7H18N4O2/c1-11(7(9)10)4-2-3-5(8)6(12)13/h5,7H,2-4,8-10H2,1H3,(H,12,13). The molecule has 0 aliphatic heterocycles. The highest BCUT2D eigenvalue weighted by atomic mass is 16.4. The molecular weight excluding hydrogens is 172 g/mol. The molecule has 0 aliphatic rings. The second kappa shape index (κ2) is 5.87. The third-order valence-electron chi connectivity index (χ3n) is 1.85. The summed E-state index contributed by atoms with van der Waals surface area (Å²) in [5.41, 5.74) is 16.0. The third kappa shape index (κ3) is 5.53. The first-order chi connectivity index (χ1) is 5.95. The van der Waals surface area contributed by atoms with Crippen molar-refractivity contribution in [2.75, 3.05) is 13.6 Å². The van der Waals surface area contributed by atoms with Crippen molar-refractivity contribution in [3.05, 3.63) is 0 Å². The third-order valence-corrected chi connectivity index (χ3v) is 1.85. The number of aliphatic carboxylic acids is 1. The largest absolute Gasteiger partial charge is 0.480 e. The van der Waals surface area contributed by atoms with E-state index in [1.807, 2.05) is 0 Å². The highest BCUT2D eigenvalue weighted by Gasteiger charge is 2.11. The van der Waals surface area contributed by atoms with Gasteiger partial charge in [0.1, 0.15) is 12.3 Å². The van der Waals surface area contributed by atoms with Crippen molar-refractivity contribution in [2.45, 2.75) is 25.2 Å². The normalized spacial score (nSPS) is 13.7. The Kier molecular flexibility index (Phi) is 5.56. The SMILES string of the molecule is CN(CCCC(N)C(=O)O)C(N)N. The first-order valence-electron chi connectivity index (χ1n) is 4.15. The lowest BCUT2D eigenvalue weighted by Crippen LogP contribution is -2.47. The van der Waals surface area contributed by atoms with Crippen LogP contribution in [0.3, 0.4) is 0 Å². The maximum absolute atomic E-state index is 10.3. The number of hydrogen-bond acceptors (Lipinski definition) is 5. The summed E-state index contributed by atoms with van der Waals surface area (Å²) in [5.74, 6) is -0.972. The van der Waals surface area contributed by atoms with Gasteiger partial charge in [-0.2, -0.15) is 0 Å². The van der Waals surface area contributed by atoms with Crippen molar-refractivity contribution in [1.82, 2.24) is 4.90 Å². The van der Waals surface area contributed by atoms with Gasteiger partial charge in [-0.1, -0.05) is 0 Å². The van der Waals surface area contributed by atoms with Crippen LogP contribution in [0.25, 0.3) is 0 Å². The molecule has 6 nitrogen and oxygen atoms in total. The highest BCUT2D eigenvalue weighted by Crippen LogP contribution is 1.96. The molecule has 78 valence electrons. The topological polar surface area (TPSA) is 119 Å². The number of nitrogens with zero attached hydrogens (tertiary/aromatic N) is 1. The smallest absolute Gasteiger partial charge is 0.320 e. The first-order valence-corrected chi connectivity index (χ1v) is 4.15. The zero-order valence-corrected chi connectivity index (χ0v) is 7.81. The maximum atomic E-state index is 10.3. The molecule has 1 unspecified atom stereocenters. The summed E-state index contributed by atoms with van der Waals surface area (Å²) in [6, 6.07) is -0.789. The number of hydrogen-bond donors (Lipinski definition) is 4. The molecule has 0 amide bonds. The Bertz CT molecular complexity index is 163. The minimum atomic E-state index is -0.972. The van der Waals surface area contributed by atoms with Gasteiger partial charge in [-0.3, -0.25) is 9.69 Å². The van der Waals surface area contributed by atoms with Crippen LogP contribution < -0.4 is 17.2 Å². The average Bonchev–Trinajstić information content (AvgIpc) is 2.03. The molecule has 0 aromatic heterocycles. The molecule has 0 rings (SSSR count). The van der Waals surface area contributed by atoms with Gasteiger partial charge in [0, 0.05) is 6.54 Å². The van der Waals surface area contributed by atoms with Gasteiger partial charge in [-0.25, -0.2) is 0 Å². The van der Waals surface area contributed by atoms with Crippen molar-refractivity contribution in [3.8, 4) is 0 Å². The molecule has 0 aromatic carbocycles. The molecule has 6 heteroatoms. The molecule has 1 atom stereocenters. The second-order valence-electron chi connectivity index (χ2n) is 3.06. The summed E-state index contributed by atoms with van der Waals surface area (Å²) in [6.07, 6.45) is 0.613. The molecule has 0 aliphatic carbocycles. The van der Waals surface area contributed by atoms with E-state index in [1.54, 1.807) is 11.9 Å². The lowest BCUT2D eigenvalue weighted by atomic mass is 10.1. The second-order valence-corrected chi connectivity index (χ2v) is 3.06. The first kappa shape index (κ1) is 12.3. The lowest BCUT2D eigenvalue weighted by Gasteiger charge is -2.20. The molecule has 7 N–H and O–H groups in total. The number of rotatable bonds is 6. The highest BCUT2D eigenvalue weighted by molar-refractivity contribution is 5.72. The van der Waals surface area contributed by atoms with Gasteiger partial charge in [0.2, 0.25) is 0 Å². The van der Waals surface area contributed by atoms with Crippen LogP contribution in [0, 0.1) is 0 Å². The fourth-order valence-corrected chi connectivity index (χ4v) is 0.833. The fourth-order valence-electron chi connectivity index (χ4n) is 0.833. The van der Waals surface area contributed by atoms with E-state index in [-0.39, 0.29) is 0 Å². The predicted molar refractivity (Wildman–Crippen MR) is 49.6 cm³/mol. The van der Waals surface area contributed by atoms with Crippen molar-refractivity contribution in [1.29, 1.82) is 0 Å². The number of carbonyl (C=O) groups is 1. The Labute approximate surface area is 77.7 Å². The van der Waals surface area contributed by atoms with Crippen LogP contribution in [-0.2, 0) is 4.79 Å². The molecule has 0 fully saturated rings. The van der Waals surface area contributed by atoms with Gasteiger partial charge in [0.05, 0.1) is 0 Å². The number of carboxylic acids is 1. The Hall–Kier alpha value is -0.690. The van der Waals surface area contributed by atoms with E-state index in [4.69, 9.17) is 22.3 Å². The van der Waals surface area contributed by atoms with Crippen LogP contribution in [0.1, 0.15) is 12.8 Å². The summed E-state index contributed by atoms with van der Waals surface area (Å²) >= 11 is 0. The summed E-state index contributed by atoms with van der Waals surface area (Å²) in [7, 11) is 1.77.